The Morgan fingerprint density at radius 2 is 2.12 bits per heavy atom. The van der Waals surface area contributed by atoms with E-state index in [2.05, 4.69) is 0 Å². The monoisotopic (exact) mass is 254 g/mol. The number of ether oxygens (including phenoxy) is 2. The molecule has 0 N–H and O–H groups in total. The van der Waals surface area contributed by atoms with Crippen molar-refractivity contribution in [2.24, 2.45) is 0 Å². The fourth-order valence-electron chi connectivity index (χ4n) is 1.11. The molecule has 0 aliphatic heterocycles. The molecule has 0 spiro atoms. The molecule has 0 unspecified atom stereocenters. The van der Waals surface area contributed by atoms with Crippen LogP contribution in [0.2, 0.25) is 0 Å². The maximum absolute atomic E-state index is 12.0. The van der Waals surface area contributed by atoms with Crippen molar-refractivity contribution in [1.29, 1.82) is 0 Å². The topological polar surface area (TPSA) is 52.6 Å². The van der Waals surface area contributed by atoms with Crippen molar-refractivity contribution >= 4 is 23.1 Å². The summed E-state index contributed by atoms with van der Waals surface area (Å²) >= 11 is 1.27. The predicted octanol–water partition coefficient (Wildman–Crippen LogP) is 2.41. The van der Waals surface area contributed by atoms with Crippen LogP contribution >= 0.6 is 11.3 Å². The summed E-state index contributed by atoms with van der Waals surface area (Å²) in [6, 6.07) is 3.41. The Morgan fingerprint density at radius 1 is 1.35 bits per heavy atom. The number of Topliss-reactive ketones (excluding diaryl/α,β-unsaturated/α-hetero) is 1. The first kappa shape index (κ1) is 13.4. The number of esters is 1. The van der Waals surface area contributed by atoms with E-state index >= 15 is 0 Å². The van der Waals surface area contributed by atoms with Gasteiger partial charge in [-0.2, -0.15) is 0 Å². The second-order valence-electron chi connectivity index (χ2n) is 3.01. The third-order valence-corrected chi connectivity index (χ3v) is 2.72. The van der Waals surface area contributed by atoms with Crippen molar-refractivity contribution in [2.75, 3.05) is 13.2 Å². The summed E-state index contributed by atoms with van der Waals surface area (Å²) in [5.74, 6) is -1.02. The molecule has 1 aromatic heterocycles. The highest BCUT2D eigenvalue weighted by atomic mass is 32.1. The van der Waals surface area contributed by atoms with Crippen LogP contribution in [0.1, 0.15) is 23.5 Å². The van der Waals surface area contributed by atoms with E-state index in [1.54, 1.807) is 31.4 Å². The molecule has 0 bridgehead atoms. The number of hydrogen-bond acceptors (Lipinski definition) is 5. The van der Waals surface area contributed by atoms with E-state index in [4.69, 9.17) is 9.47 Å². The van der Waals surface area contributed by atoms with E-state index in [1.807, 2.05) is 0 Å². The molecule has 0 radical (unpaired) electrons. The Hall–Kier alpha value is -1.62. The molecule has 1 aromatic rings. The van der Waals surface area contributed by atoms with Crippen molar-refractivity contribution in [2.45, 2.75) is 13.8 Å². The number of rotatable bonds is 6. The van der Waals surface area contributed by atoms with Crippen LogP contribution in [0, 0.1) is 0 Å². The van der Waals surface area contributed by atoms with Crippen LogP contribution in [0.15, 0.2) is 29.3 Å². The number of ketones is 1. The summed E-state index contributed by atoms with van der Waals surface area (Å²) in [5.41, 5.74) is -0.0730. The first-order valence-electron chi connectivity index (χ1n) is 5.27. The normalized spacial score (nSPS) is 11.1. The Labute approximate surface area is 104 Å². The average molecular weight is 254 g/mol. The van der Waals surface area contributed by atoms with Gasteiger partial charge in [-0.1, -0.05) is 6.07 Å². The minimum atomic E-state index is -0.653. The van der Waals surface area contributed by atoms with E-state index < -0.39 is 5.97 Å². The molecule has 0 aliphatic carbocycles. The van der Waals surface area contributed by atoms with Gasteiger partial charge in [-0.05, 0) is 25.3 Å². The molecule has 0 saturated carbocycles. The van der Waals surface area contributed by atoms with Gasteiger partial charge >= 0.3 is 5.97 Å². The lowest BCUT2D eigenvalue weighted by molar-refractivity contribution is -0.138. The highest BCUT2D eigenvalue weighted by Gasteiger charge is 2.22. The van der Waals surface area contributed by atoms with Crippen LogP contribution in [-0.4, -0.2) is 25.0 Å². The minimum Gasteiger partial charge on any atom is -0.500 e. The van der Waals surface area contributed by atoms with Gasteiger partial charge < -0.3 is 9.47 Å². The van der Waals surface area contributed by atoms with Gasteiger partial charge in [0.2, 0.25) is 5.78 Å². The van der Waals surface area contributed by atoms with Gasteiger partial charge in [0, 0.05) is 0 Å². The summed E-state index contributed by atoms with van der Waals surface area (Å²) in [7, 11) is 0. The zero-order chi connectivity index (χ0) is 12.7. The largest absolute Gasteiger partial charge is 0.500 e. The smallest absolute Gasteiger partial charge is 0.345 e. The Kier molecular flexibility index (Phi) is 5.42. The van der Waals surface area contributed by atoms with E-state index in [-0.39, 0.29) is 18.0 Å². The number of carbonyl (C=O) groups is 2. The number of carbonyl (C=O) groups excluding carboxylic acids is 2. The van der Waals surface area contributed by atoms with Gasteiger partial charge in [0.1, 0.15) is 11.8 Å². The Morgan fingerprint density at radius 3 is 2.65 bits per heavy atom. The highest BCUT2D eigenvalue weighted by molar-refractivity contribution is 7.12. The van der Waals surface area contributed by atoms with E-state index in [9.17, 15) is 9.59 Å². The molecule has 1 heterocycles. The Balaban J connectivity index is 2.90. The summed E-state index contributed by atoms with van der Waals surface area (Å²) < 4.78 is 9.82. The van der Waals surface area contributed by atoms with E-state index in [1.165, 1.54) is 17.6 Å². The summed E-state index contributed by atoms with van der Waals surface area (Å²) in [6.07, 6.45) is 1.17. The predicted molar refractivity (Wildman–Crippen MR) is 65.0 cm³/mol. The van der Waals surface area contributed by atoms with Gasteiger partial charge in [0.25, 0.3) is 0 Å². The molecule has 0 aromatic carbocycles. The van der Waals surface area contributed by atoms with Crippen molar-refractivity contribution in [1.82, 2.24) is 0 Å². The third kappa shape index (κ3) is 3.71. The number of hydrogen-bond donors (Lipinski definition) is 0. The first-order valence-corrected chi connectivity index (χ1v) is 6.15. The second-order valence-corrected chi connectivity index (χ2v) is 3.96. The molecule has 17 heavy (non-hydrogen) atoms. The zero-order valence-corrected chi connectivity index (χ0v) is 10.6. The van der Waals surface area contributed by atoms with Crippen LogP contribution in [0.4, 0.5) is 0 Å². The lowest BCUT2D eigenvalue weighted by atomic mass is 10.1. The summed E-state index contributed by atoms with van der Waals surface area (Å²) in [6.45, 7) is 4.07. The SMILES string of the molecule is CCO/C=C(/C(=O)OCC)C(=O)c1cccs1. The number of thiophene rings is 1. The third-order valence-electron chi connectivity index (χ3n) is 1.85. The minimum absolute atomic E-state index is 0.0730. The van der Waals surface area contributed by atoms with Crippen LogP contribution in [-0.2, 0) is 14.3 Å². The maximum Gasteiger partial charge on any atom is 0.345 e. The molecule has 0 atom stereocenters. The van der Waals surface area contributed by atoms with Gasteiger partial charge in [-0.15, -0.1) is 11.3 Å². The molecule has 92 valence electrons. The fraction of sp³-hybridized carbons (Fsp3) is 0.333. The van der Waals surface area contributed by atoms with Gasteiger partial charge in [-0.3, -0.25) is 4.79 Å². The molecular formula is C12H14O4S. The summed E-state index contributed by atoms with van der Waals surface area (Å²) in [4.78, 5) is 24.1. The molecule has 0 saturated heterocycles. The Bertz CT molecular complexity index is 406. The molecule has 5 heteroatoms. The molecule has 0 aliphatic rings. The lowest BCUT2D eigenvalue weighted by Gasteiger charge is -2.05. The van der Waals surface area contributed by atoms with Gasteiger partial charge in [-0.25, -0.2) is 4.79 Å². The van der Waals surface area contributed by atoms with Crippen molar-refractivity contribution in [3.63, 3.8) is 0 Å². The van der Waals surface area contributed by atoms with Gasteiger partial charge in [0.15, 0.2) is 0 Å². The molecule has 1 rings (SSSR count). The average Bonchev–Trinajstić information content (AvgIpc) is 2.83. The zero-order valence-electron chi connectivity index (χ0n) is 9.76. The van der Waals surface area contributed by atoms with E-state index in [0.717, 1.165) is 0 Å². The van der Waals surface area contributed by atoms with Crippen molar-refractivity contribution in [3.8, 4) is 0 Å². The summed E-state index contributed by atoms with van der Waals surface area (Å²) in [5, 5.41) is 1.77. The van der Waals surface area contributed by atoms with Crippen molar-refractivity contribution < 1.29 is 19.1 Å². The standard InChI is InChI=1S/C12H14O4S/c1-3-15-8-9(12(14)16-4-2)11(13)10-6-5-7-17-10/h5-8H,3-4H2,1-2H3/b9-8+. The van der Waals surface area contributed by atoms with Crippen LogP contribution < -0.4 is 0 Å². The first-order chi connectivity index (χ1) is 8.20. The maximum atomic E-state index is 12.0. The second kappa shape index (κ2) is 6.85. The highest BCUT2D eigenvalue weighted by Crippen LogP contribution is 2.15. The van der Waals surface area contributed by atoms with Crippen LogP contribution in [0.5, 0.6) is 0 Å². The van der Waals surface area contributed by atoms with Gasteiger partial charge in [0.05, 0.1) is 18.1 Å². The molecule has 0 fully saturated rings. The fourth-order valence-corrected chi connectivity index (χ4v) is 1.79. The van der Waals surface area contributed by atoms with Crippen LogP contribution in [0.3, 0.4) is 0 Å². The van der Waals surface area contributed by atoms with Crippen molar-refractivity contribution in [3.05, 3.63) is 34.2 Å². The molecule has 0 amide bonds. The van der Waals surface area contributed by atoms with E-state index in [0.29, 0.717) is 11.5 Å². The molecular weight excluding hydrogens is 240 g/mol. The quantitative estimate of drug-likeness (QED) is 0.195. The van der Waals surface area contributed by atoms with Crippen LogP contribution in [0.25, 0.3) is 0 Å². The molecule has 4 nitrogen and oxygen atoms in total. The lowest BCUT2D eigenvalue weighted by Crippen LogP contribution is -2.16.